The number of hydrogen-bond donors (Lipinski definition) is 1. The van der Waals surface area contributed by atoms with Crippen LogP contribution in [0.1, 0.15) is 37.6 Å². The predicted octanol–water partition coefficient (Wildman–Crippen LogP) is 1.05. The first-order valence-electron chi connectivity index (χ1n) is 5.44. The van der Waals surface area contributed by atoms with E-state index in [4.69, 9.17) is 5.73 Å². The molecule has 1 atom stereocenters. The fourth-order valence-electron chi connectivity index (χ4n) is 2.24. The molecule has 0 saturated heterocycles. The lowest BCUT2D eigenvalue weighted by molar-refractivity contribution is -0.122. The number of hydrogen-bond acceptors (Lipinski definition) is 2. The number of amides is 1. The molecule has 15 heavy (non-hydrogen) atoms. The molecule has 1 amide bonds. The van der Waals surface area contributed by atoms with Crippen molar-refractivity contribution in [2.45, 2.75) is 39.2 Å². The van der Waals surface area contributed by atoms with Crippen molar-refractivity contribution in [3.8, 4) is 0 Å². The first-order chi connectivity index (χ1) is 7.09. The van der Waals surface area contributed by atoms with Gasteiger partial charge in [-0.25, -0.2) is 0 Å². The van der Waals surface area contributed by atoms with Crippen LogP contribution in [0, 0.1) is 5.92 Å². The predicted molar refractivity (Wildman–Crippen MR) is 57.3 cm³/mol. The minimum atomic E-state index is -0.182. The van der Waals surface area contributed by atoms with Crippen LogP contribution in [0.15, 0.2) is 6.20 Å². The fraction of sp³-hybridized carbons (Fsp3) is 0.636. The van der Waals surface area contributed by atoms with Gasteiger partial charge in [0.1, 0.15) is 0 Å². The molecular formula is C11H17N3O. The summed E-state index contributed by atoms with van der Waals surface area (Å²) in [5.41, 5.74) is 7.80. The molecule has 0 unspecified atom stereocenters. The third-order valence-corrected chi connectivity index (χ3v) is 3.07. The molecule has 0 aliphatic heterocycles. The van der Waals surface area contributed by atoms with E-state index in [2.05, 4.69) is 18.9 Å². The zero-order valence-corrected chi connectivity index (χ0v) is 9.23. The Labute approximate surface area is 89.5 Å². The van der Waals surface area contributed by atoms with Crippen LogP contribution < -0.4 is 5.73 Å². The Balaban J connectivity index is 2.26. The number of fused-ring (bicyclic) bond motifs is 1. The Bertz CT molecular complexity index is 381. The highest BCUT2D eigenvalue weighted by Gasteiger charge is 2.26. The molecule has 0 saturated carbocycles. The number of nitrogens with two attached hydrogens (primary N) is 1. The summed E-state index contributed by atoms with van der Waals surface area (Å²) in [7, 11) is 0. The molecule has 1 aromatic rings. The molecule has 2 rings (SSSR count). The van der Waals surface area contributed by atoms with Crippen molar-refractivity contribution in [2.24, 2.45) is 11.7 Å². The Morgan fingerprint density at radius 2 is 2.40 bits per heavy atom. The smallest absolute Gasteiger partial charge is 0.220 e. The number of rotatable bonds is 2. The van der Waals surface area contributed by atoms with Crippen molar-refractivity contribution in [3.63, 3.8) is 0 Å². The highest BCUT2D eigenvalue weighted by atomic mass is 16.1. The largest absolute Gasteiger partial charge is 0.369 e. The zero-order chi connectivity index (χ0) is 11.0. The molecule has 82 valence electrons. The second kappa shape index (κ2) is 3.68. The quantitative estimate of drug-likeness (QED) is 0.788. The SMILES string of the molecule is CC(C)n1ncc2c1CC[C@@H](C(N)=O)C2. The average molecular weight is 207 g/mol. The van der Waals surface area contributed by atoms with E-state index in [1.807, 2.05) is 10.9 Å². The van der Waals surface area contributed by atoms with Crippen LogP contribution >= 0.6 is 0 Å². The molecule has 0 aromatic carbocycles. The number of carbonyl (C=O) groups excluding carboxylic acids is 1. The lowest BCUT2D eigenvalue weighted by atomic mass is 9.87. The molecule has 2 N–H and O–H groups in total. The zero-order valence-electron chi connectivity index (χ0n) is 9.23. The van der Waals surface area contributed by atoms with Gasteiger partial charge < -0.3 is 5.73 Å². The second-order valence-electron chi connectivity index (χ2n) is 4.50. The molecule has 1 aliphatic rings. The summed E-state index contributed by atoms with van der Waals surface area (Å²) in [6.45, 7) is 4.24. The monoisotopic (exact) mass is 207 g/mol. The highest BCUT2D eigenvalue weighted by Crippen LogP contribution is 2.26. The first kappa shape index (κ1) is 10.2. The van der Waals surface area contributed by atoms with Crippen molar-refractivity contribution >= 4 is 5.91 Å². The number of primary amides is 1. The minimum absolute atomic E-state index is 0.00214. The maximum atomic E-state index is 11.1. The van der Waals surface area contributed by atoms with Crippen LogP contribution in [-0.4, -0.2) is 15.7 Å². The van der Waals surface area contributed by atoms with E-state index in [0.717, 1.165) is 19.3 Å². The summed E-state index contributed by atoms with van der Waals surface area (Å²) in [4.78, 5) is 11.1. The van der Waals surface area contributed by atoms with Gasteiger partial charge in [0.05, 0.1) is 6.20 Å². The molecule has 0 bridgehead atoms. The molecular weight excluding hydrogens is 190 g/mol. The van der Waals surface area contributed by atoms with Crippen LogP contribution in [0.3, 0.4) is 0 Å². The van der Waals surface area contributed by atoms with E-state index in [1.165, 1.54) is 11.3 Å². The average Bonchev–Trinajstić information content (AvgIpc) is 2.59. The van der Waals surface area contributed by atoms with Gasteiger partial charge in [0.25, 0.3) is 0 Å². The van der Waals surface area contributed by atoms with Crippen LogP contribution in [0.4, 0.5) is 0 Å². The van der Waals surface area contributed by atoms with E-state index >= 15 is 0 Å². The van der Waals surface area contributed by atoms with Crippen molar-refractivity contribution in [1.29, 1.82) is 0 Å². The molecule has 4 heteroatoms. The van der Waals surface area contributed by atoms with Gasteiger partial charge in [0.15, 0.2) is 0 Å². The molecule has 0 fully saturated rings. The van der Waals surface area contributed by atoms with E-state index in [0.29, 0.717) is 6.04 Å². The van der Waals surface area contributed by atoms with Gasteiger partial charge >= 0.3 is 0 Å². The van der Waals surface area contributed by atoms with Crippen molar-refractivity contribution in [2.75, 3.05) is 0 Å². The van der Waals surface area contributed by atoms with Gasteiger partial charge in [-0.2, -0.15) is 5.10 Å². The Kier molecular flexibility index (Phi) is 2.50. The van der Waals surface area contributed by atoms with E-state index in [1.54, 1.807) is 0 Å². The van der Waals surface area contributed by atoms with Gasteiger partial charge in [0, 0.05) is 17.7 Å². The summed E-state index contributed by atoms with van der Waals surface area (Å²) in [6.07, 6.45) is 4.42. The Morgan fingerprint density at radius 1 is 1.67 bits per heavy atom. The lowest BCUT2D eigenvalue weighted by Gasteiger charge is -2.21. The molecule has 0 spiro atoms. The van der Waals surface area contributed by atoms with Gasteiger partial charge in [-0.05, 0) is 38.7 Å². The summed E-state index contributed by atoms with van der Waals surface area (Å²) in [5.74, 6) is -0.180. The van der Waals surface area contributed by atoms with Crippen molar-refractivity contribution in [1.82, 2.24) is 9.78 Å². The van der Waals surface area contributed by atoms with E-state index in [-0.39, 0.29) is 11.8 Å². The molecule has 1 aromatic heterocycles. The maximum absolute atomic E-state index is 11.1. The molecule has 1 aliphatic carbocycles. The highest BCUT2D eigenvalue weighted by molar-refractivity contribution is 5.77. The maximum Gasteiger partial charge on any atom is 0.220 e. The van der Waals surface area contributed by atoms with Gasteiger partial charge in [0.2, 0.25) is 5.91 Å². The summed E-state index contributed by atoms with van der Waals surface area (Å²) < 4.78 is 2.05. The summed E-state index contributed by atoms with van der Waals surface area (Å²) in [5, 5.41) is 4.36. The number of nitrogens with zero attached hydrogens (tertiary/aromatic N) is 2. The summed E-state index contributed by atoms with van der Waals surface area (Å²) >= 11 is 0. The third kappa shape index (κ3) is 1.76. The van der Waals surface area contributed by atoms with Crippen LogP contribution in [0.2, 0.25) is 0 Å². The topological polar surface area (TPSA) is 60.9 Å². The lowest BCUT2D eigenvalue weighted by Crippen LogP contribution is -2.29. The molecule has 0 radical (unpaired) electrons. The fourth-order valence-corrected chi connectivity index (χ4v) is 2.24. The number of aromatic nitrogens is 2. The van der Waals surface area contributed by atoms with Crippen molar-refractivity contribution in [3.05, 3.63) is 17.5 Å². The van der Waals surface area contributed by atoms with Crippen LogP contribution in [-0.2, 0) is 17.6 Å². The van der Waals surface area contributed by atoms with E-state index < -0.39 is 0 Å². The standard InChI is InChI=1S/C11H17N3O/c1-7(2)14-10-4-3-8(11(12)15)5-9(10)6-13-14/h6-8H,3-5H2,1-2H3,(H2,12,15)/t8-/m1/s1. The van der Waals surface area contributed by atoms with Crippen LogP contribution in [0.25, 0.3) is 0 Å². The van der Waals surface area contributed by atoms with Gasteiger partial charge in [-0.15, -0.1) is 0 Å². The second-order valence-corrected chi connectivity index (χ2v) is 4.50. The Hall–Kier alpha value is -1.32. The van der Waals surface area contributed by atoms with E-state index in [9.17, 15) is 4.79 Å². The minimum Gasteiger partial charge on any atom is -0.369 e. The Morgan fingerprint density at radius 3 is 3.00 bits per heavy atom. The van der Waals surface area contributed by atoms with Gasteiger partial charge in [-0.3, -0.25) is 9.48 Å². The first-order valence-corrected chi connectivity index (χ1v) is 5.44. The van der Waals surface area contributed by atoms with Gasteiger partial charge in [-0.1, -0.05) is 0 Å². The normalized spacial score (nSPS) is 20.3. The summed E-state index contributed by atoms with van der Waals surface area (Å²) in [6, 6.07) is 0.388. The third-order valence-electron chi connectivity index (χ3n) is 3.07. The van der Waals surface area contributed by atoms with Crippen LogP contribution in [0.5, 0.6) is 0 Å². The number of carbonyl (C=O) groups is 1. The molecule has 1 heterocycles. The van der Waals surface area contributed by atoms with Crippen molar-refractivity contribution < 1.29 is 4.79 Å². The molecule has 4 nitrogen and oxygen atoms in total.